The van der Waals surface area contributed by atoms with Crippen molar-refractivity contribution in [2.24, 2.45) is 4.99 Å². The average molecular weight is 465 g/mol. The van der Waals surface area contributed by atoms with Crippen molar-refractivity contribution in [3.8, 4) is 11.4 Å². The van der Waals surface area contributed by atoms with E-state index < -0.39 is 5.95 Å². The zero-order chi connectivity index (χ0) is 24.2. The molecule has 0 spiro atoms. The first-order chi connectivity index (χ1) is 16.2. The Kier molecular flexibility index (Phi) is 5.22. The monoisotopic (exact) mass is 464 g/mol. The van der Waals surface area contributed by atoms with Crippen molar-refractivity contribution in [3.63, 3.8) is 0 Å². The molecule has 2 aliphatic rings. The van der Waals surface area contributed by atoms with Crippen LogP contribution in [0.2, 0.25) is 0 Å². The molecule has 0 fully saturated rings. The average Bonchev–Trinajstić information content (AvgIpc) is 3.33. The number of amides is 1. The van der Waals surface area contributed by atoms with E-state index in [9.17, 15) is 13.6 Å². The number of halogens is 2. The van der Waals surface area contributed by atoms with Crippen molar-refractivity contribution in [1.82, 2.24) is 19.4 Å². The van der Waals surface area contributed by atoms with Gasteiger partial charge in [-0.2, -0.15) is 4.39 Å². The van der Waals surface area contributed by atoms with Gasteiger partial charge in [-0.05, 0) is 62.6 Å². The predicted molar refractivity (Wildman–Crippen MR) is 126 cm³/mol. The number of imidazole rings is 1. The van der Waals surface area contributed by atoms with Gasteiger partial charge in [0.05, 0.1) is 18.6 Å². The minimum absolute atomic E-state index is 0.227. The molecular weight excluding hydrogens is 438 g/mol. The summed E-state index contributed by atoms with van der Waals surface area (Å²) in [5.74, 6) is 0.631. The van der Waals surface area contributed by atoms with E-state index in [1.807, 2.05) is 37.2 Å². The van der Waals surface area contributed by atoms with E-state index in [-0.39, 0.29) is 17.3 Å². The van der Waals surface area contributed by atoms with Crippen molar-refractivity contribution >= 4 is 17.7 Å². The number of aromatic nitrogens is 3. The summed E-state index contributed by atoms with van der Waals surface area (Å²) in [5.41, 5.74) is 2.31. The first-order valence-electron chi connectivity index (χ1n) is 11.4. The largest absolute Gasteiger partial charge is 0.305 e. The summed E-state index contributed by atoms with van der Waals surface area (Å²) in [4.78, 5) is 30.5. The number of rotatable bonds is 5. The zero-order valence-electron chi connectivity index (χ0n) is 19.6. The summed E-state index contributed by atoms with van der Waals surface area (Å²) in [5, 5.41) is 0. The lowest BCUT2D eigenvalue weighted by atomic mass is 10.0. The minimum Gasteiger partial charge on any atom is -0.305 e. The van der Waals surface area contributed by atoms with Gasteiger partial charge in [0.2, 0.25) is 11.9 Å². The second-order valence-electron chi connectivity index (χ2n) is 9.19. The van der Waals surface area contributed by atoms with Gasteiger partial charge in [-0.15, -0.1) is 0 Å². The van der Waals surface area contributed by atoms with Gasteiger partial charge in [-0.1, -0.05) is 13.0 Å². The summed E-state index contributed by atoms with van der Waals surface area (Å²) in [6.45, 7) is 9.33. The highest BCUT2D eigenvalue weighted by molar-refractivity contribution is 6.18. The number of hydrogen-bond donors (Lipinski definition) is 0. The Bertz CT molecular complexity index is 1310. The lowest BCUT2D eigenvalue weighted by molar-refractivity contribution is 0.0841. The lowest BCUT2D eigenvalue weighted by Crippen LogP contribution is -2.51. The van der Waals surface area contributed by atoms with Gasteiger partial charge in [0, 0.05) is 18.3 Å². The molecule has 3 aromatic rings. The van der Waals surface area contributed by atoms with Crippen LogP contribution in [0, 0.1) is 11.8 Å². The van der Waals surface area contributed by atoms with Crippen LogP contribution < -0.4 is 4.90 Å². The van der Waals surface area contributed by atoms with Gasteiger partial charge in [-0.3, -0.25) is 14.6 Å². The van der Waals surface area contributed by atoms with Crippen LogP contribution in [0.1, 0.15) is 49.3 Å². The molecule has 1 amide bonds. The number of fused-ring (bicyclic) bond motifs is 3. The van der Waals surface area contributed by atoms with E-state index in [0.717, 1.165) is 11.1 Å². The van der Waals surface area contributed by atoms with E-state index in [1.165, 1.54) is 24.4 Å². The molecule has 5 rings (SSSR count). The molecule has 2 aromatic heterocycles. The smallest absolute Gasteiger partial charge is 0.283 e. The third-order valence-electron chi connectivity index (χ3n) is 6.25. The fraction of sp³-hybridized carbons (Fsp3) is 0.360. The molecule has 34 heavy (non-hydrogen) atoms. The Hall–Kier alpha value is -3.62. The molecule has 0 aliphatic carbocycles. The van der Waals surface area contributed by atoms with Gasteiger partial charge in [0.25, 0.3) is 5.91 Å². The molecular formula is C25H26F2N6O. The highest BCUT2D eigenvalue weighted by Gasteiger charge is 2.45. The third kappa shape index (κ3) is 3.55. The van der Waals surface area contributed by atoms with E-state index >= 15 is 0 Å². The number of anilines is 1. The summed E-state index contributed by atoms with van der Waals surface area (Å²) < 4.78 is 29.4. The van der Waals surface area contributed by atoms with Crippen LogP contribution in [0.4, 0.5) is 14.6 Å². The highest BCUT2D eigenvalue weighted by atomic mass is 19.1. The molecule has 0 saturated heterocycles. The maximum atomic E-state index is 13.9. The van der Waals surface area contributed by atoms with E-state index in [1.54, 1.807) is 17.0 Å². The topological polar surface area (TPSA) is 66.6 Å². The highest BCUT2D eigenvalue weighted by Crippen LogP contribution is 2.38. The van der Waals surface area contributed by atoms with Crippen LogP contribution in [0.25, 0.3) is 11.4 Å². The van der Waals surface area contributed by atoms with Gasteiger partial charge in [-0.25, -0.2) is 19.4 Å². The molecule has 9 heteroatoms. The fourth-order valence-corrected chi connectivity index (χ4v) is 4.69. The summed E-state index contributed by atoms with van der Waals surface area (Å²) in [6.07, 6.45) is 2.07. The van der Waals surface area contributed by atoms with Gasteiger partial charge in [0.1, 0.15) is 17.5 Å². The Labute approximate surface area is 196 Å². The molecule has 0 N–H and O–H groups in total. The minimum atomic E-state index is -0.595. The van der Waals surface area contributed by atoms with E-state index in [2.05, 4.69) is 4.98 Å². The number of aryl methyl sites for hydroxylation is 1. The molecule has 0 bridgehead atoms. The maximum Gasteiger partial charge on any atom is 0.283 e. The van der Waals surface area contributed by atoms with Crippen molar-refractivity contribution in [1.29, 1.82) is 0 Å². The summed E-state index contributed by atoms with van der Waals surface area (Å²) >= 11 is 0. The molecule has 4 heterocycles. The second kappa shape index (κ2) is 8.00. The fourth-order valence-electron chi connectivity index (χ4n) is 4.69. The molecule has 176 valence electrons. The summed E-state index contributed by atoms with van der Waals surface area (Å²) in [6, 6.07) is 7.61. The number of benzene rings is 1. The maximum absolute atomic E-state index is 13.9. The van der Waals surface area contributed by atoms with Crippen LogP contribution in [0.5, 0.6) is 0 Å². The number of carbonyl (C=O) groups is 1. The van der Waals surface area contributed by atoms with Crippen molar-refractivity contribution in [3.05, 3.63) is 65.1 Å². The van der Waals surface area contributed by atoms with Crippen LogP contribution in [-0.4, -0.2) is 49.9 Å². The Morgan fingerprint density at radius 3 is 2.56 bits per heavy atom. The number of aliphatic imine (C=N–C) groups is 1. The molecule has 2 aliphatic heterocycles. The Balaban J connectivity index is 1.74. The second-order valence-corrected chi connectivity index (χ2v) is 9.19. The Morgan fingerprint density at radius 2 is 1.88 bits per heavy atom. The number of guanidine groups is 1. The Morgan fingerprint density at radius 1 is 1.09 bits per heavy atom. The van der Waals surface area contributed by atoms with Gasteiger partial charge in [0.15, 0.2) is 5.69 Å². The van der Waals surface area contributed by atoms with E-state index in [4.69, 9.17) is 9.98 Å². The van der Waals surface area contributed by atoms with Gasteiger partial charge < -0.3 is 4.57 Å². The predicted octanol–water partition coefficient (Wildman–Crippen LogP) is 4.26. The molecule has 7 nitrogen and oxygen atoms in total. The normalized spacial score (nSPS) is 16.5. The number of carbonyl (C=O) groups excluding carboxylic acids is 1. The first kappa shape index (κ1) is 22.2. The zero-order valence-corrected chi connectivity index (χ0v) is 19.6. The first-order valence-corrected chi connectivity index (χ1v) is 11.4. The number of pyridine rings is 1. The van der Waals surface area contributed by atoms with Crippen molar-refractivity contribution in [2.75, 3.05) is 18.0 Å². The molecule has 1 aromatic carbocycles. The SMILES string of the molecule is CCc1cc(F)ccc1Cn1c(-c2ccc(F)nc2)nc2c1N1CC(C)(C)N=C1N(CC)C2=O. The lowest BCUT2D eigenvalue weighted by Gasteiger charge is -2.34. The van der Waals surface area contributed by atoms with E-state index in [0.29, 0.717) is 54.9 Å². The number of nitrogens with zero attached hydrogens (tertiary/aromatic N) is 6. The summed E-state index contributed by atoms with van der Waals surface area (Å²) in [7, 11) is 0. The van der Waals surface area contributed by atoms with Crippen LogP contribution >= 0.6 is 0 Å². The quantitative estimate of drug-likeness (QED) is 0.529. The van der Waals surface area contributed by atoms with Crippen LogP contribution in [0.3, 0.4) is 0 Å². The van der Waals surface area contributed by atoms with Crippen molar-refractivity contribution < 1.29 is 13.6 Å². The molecule has 0 atom stereocenters. The third-order valence-corrected chi connectivity index (χ3v) is 6.25. The number of hydrogen-bond acceptors (Lipinski definition) is 5. The standard InChI is InChI=1S/C25H26F2N6O/c1-5-15-11-18(26)9-7-17(15)13-32-21(16-8-10-19(27)28-12-16)29-20-22(32)33-14-25(3,4)30-24(33)31(6-2)23(20)34/h7-12H,5-6,13-14H2,1-4H3. The van der Waals surface area contributed by atoms with Crippen LogP contribution in [0.15, 0.2) is 41.5 Å². The molecule has 0 unspecified atom stereocenters. The van der Waals surface area contributed by atoms with Gasteiger partial charge >= 0.3 is 0 Å². The molecule has 0 saturated carbocycles. The van der Waals surface area contributed by atoms with Crippen LogP contribution in [-0.2, 0) is 13.0 Å². The molecule has 0 radical (unpaired) electrons. The van der Waals surface area contributed by atoms with Crippen molar-refractivity contribution in [2.45, 2.75) is 46.2 Å².